The van der Waals surface area contributed by atoms with Crippen LogP contribution in [-0.2, 0) is 6.54 Å². The highest BCUT2D eigenvalue weighted by molar-refractivity contribution is 6.31. The summed E-state index contributed by atoms with van der Waals surface area (Å²) in [6.07, 6.45) is 6.64. The minimum absolute atomic E-state index is 0.0625. The van der Waals surface area contributed by atoms with Gasteiger partial charge in [0.25, 0.3) is 5.91 Å². The Morgan fingerprint density at radius 2 is 2.07 bits per heavy atom. The summed E-state index contributed by atoms with van der Waals surface area (Å²) in [5.74, 6) is -0.346. The van der Waals surface area contributed by atoms with Crippen LogP contribution in [0.25, 0.3) is 16.6 Å². The summed E-state index contributed by atoms with van der Waals surface area (Å²) in [6, 6.07) is 8.18. The van der Waals surface area contributed by atoms with Crippen LogP contribution >= 0.6 is 23.2 Å². The van der Waals surface area contributed by atoms with E-state index in [0.29, 0.717) is 32.2 Å². The molecule has 0 spiro atoms. The van der Waals surface area contributed by atoms with Gasteiger partial charge in [0.2, 0.25) is 0 Å². The summed E-state index contributed by atoms with van der Waals surface area (Å²) in [4.78, 5) is 29.1. The average molecular weight is 414 g/mol. The number of rotatable bonds is 5. The lowest BCUT2D eigenvalue weighted by Crippen LogP contribution is -2.27. The van der Waals surface area contributed by atoms with E-state index in [1.165, 1.54) is 12.3 Å². The van der Waals surface area contributed by atoms with E-state index >= 15 is 0 Å². The number of halogens is 2. The number of hydrogen-bond donors (Lipinski definition) is 1. The number of carbonyl (C=O) groups excluding carboxylic acids is 1. The van der Waals surface area contributed by atoms with E-state index in [1.54, 1.807) is 36.5 Å². The van der Waals surface area contributed by atoms with Crippen LogP contribution in [0.15, 0.2) is 66.3 Å². The molecule has 5 nitrogen and oxygen atoms in total. The smallest absolute Gasteiger partial charge is 0.253 e. The molecule has 1 N–H and O–H groups in total. The largest absolute Gasteiger partial charge is 0.348 e. The van der Waals surface area contributed by atoms with Gasteiger partial charge in [-0.25, -0.2) is 4.98 Å². The Balaban J connectivity index is 2.01. The Kier molecular flexibility index (Phi) is 5.97. The van der Waals surface area contributed by atoms with Crippen LogP contribution in [0.2, 0.25) is 10.2 Å². The molecule has 0 aliphatic carbocycles. The van der Waals surface area contributed by atoms with Crippen molar-refractivity contribution in [2.75, 3.05) is 0 Å². The van der Waals surface area contributed by atoms with E-state index in [2.05, 4.69) is 16.9 Å². The zero-order valence-corrected chi connectivity index (χ0v) is 16.6. The molecule has 1 amide bonds. The fraction of sp³-hybridized carbons (Fsp3) is 0.0952. The maximum Gasteiger partial charge on any atom is 0.253 e. The Bertz CT molecular complexity index is 1150. The van der Waals surface area contributed by atoms with Gasteiger partial charge in [0.1, 0.15) is 5.15 Å². The molecule has 0 radical (unpaired) electrons. The van der Waals surface area contributed by atoms with Crippen molar-refractivity contribution in [1.29, 1.82) is 0 Å². The number of allylic oxidation sites excluding steroid dienone is 3. The van der Waals surface area contributed by atoms with Crippen LogP contribution in [0.1, 0.15) is 22.8 Å². The van der Waals surface area contributed by atoms with Crippen LogP contribution in [0.5, 0.6) is 0 Å². The van der Waals surface area contributed by atoms with E-state index in [4.69, 9.17) is 23.2 Å². The van der Waals surface area contributed by atoms with Crippen LogP contribution in [0.4, 0.5) is 0 Å². The first-order valence-corrected chi connectivity index (χ1v) is 9.23. The quantitative estimate of drug-likeness (QED) is 0.487. The normalized spacial score (nSPS) is 11.5. The summed E-state index contributed by atoms with van der Waals surface area (Å²) in [5, 5.41) is 4.08. The summed E-state index contributed by atoms with van der Waals surface area (Å²) in [6.45, 7) is 5.76. The molecule has 0 unspecified atom stereocenters. The summed E-state index contributed by atoms with van der Waals surface area (Å²) >= 11 is 11.9. The monoisotopic (exact) mass is 413 g/mol. The lowest BCUT2D eigenvalue weighted by molar-refractivity contribution is 0.0950. The van der Waals surface area contributed by atoms with Crippen molar-refractivity contribution >= 4 is 45.7 Å². The van der Waals surface area contributed by atoms with E-state index in [0.717, 1.165) is 5.70 Å². The summed E-state index contributed by atoms with van der Waals surface area (Å²) < 4.78 is 1.83. The van der Waals surface area contributed by atoms with Crippen molar-refractivity contribution < 1.29 is 4.79 Å². The van der Waals surface area contributed by atoms with Gasteiger partial charge in [-0.2, -0.15) is 0 Å². The molecule has 7 heteroatoms. The molecular formula is C21H17Cl2N3O2. The first kappa shape index (κ1) is 19.9. The first-order chi connectivity index (χ1) is 13.4. The number of aromatic nitrogens is 2. The van der Waals surface area contributed by atoms with Crippen molar-refractivity contribution in [2.24, 2.45) is 0 Å². The Morgan fingerprint density at radius 3 is 2.71 bits per heavy atom. The molecule has 0 atom stereocenters. The van der Waals surface area contributed by atoms with Gasteiger partial charge in [-0.1, -0.05) is 35.9 Å². The first-order valence-electron chi connectivity index (χ1n) is 8.47. The van der Waals surface area contributed by atoms with Gasteiger partial charge in [0, 0.05) is 40.6 Å². The Morgan fingerprint density at radius 1 is 1.29 bits per heavy atom. The summed E-state index contributed by atoms with van der Waals surface area (Å²) in [5.41, 5.74) is 2.09. The van der Waals surface area contributed by atoms with Crippen molar-refractivity contribution in [3.63, 3.8) is 0 Å². The number of nitrogens with zero attached hydrogens (tertiary/aromatic N) is 2. The molecule has 0 aliphatic heterocycles. The van der Waals surface area contributed by atoms with Crippen molar-refractivity contribution in [1.82, 2.24) is 14.9 Å². The fourth-order valence-corrected chi connectivity index (χ4v) is 3.11. The highest BCUT2D eigenvalue weighted by Crippen LogP contribution is 2.21. The number of nitrogens with one attached hydrogen (secondary N) is 1. The predicted molar refractivity (Wildman–Crippen MR) is 114 cm³/mol. The third-order valence-electron chi connectivity index (χ3n) is 4.25. The highest BCUT2D eigenvalue weighted by Gasteiger charge is 2.13. The van der Waals surface area contributed by atoms with Crippen molar-refractivity contribution in [3.8, 4) is 0 Å². The average Bonchev–Trinajstić information content (AvgIpc) is 2.69. The second-order valence-corrected chi connectivity index (χ2v) is 6.81. The van der Waals surface area contributed by atoms with Gasteiger partial charge < -0.3 is 9.88 Å². The second-order valence-electron chi connectivity index (χ2n) is 5.98. The maximum absolute atomic E-state index is 12.9. The Labute approximate surface area is 171 Å². The van der Waals surface area contributed by atoms with E-state index in [-0.39, 0.29) is 17.9 Å². The summed E-state index contributed by atoms with van der Waals surface area (Å²) in [7, 11) is 0. The molecule has 0 saturated heterocycles. The zero-order chi connectivity index (χ0) is 20.3. The number of fused-ring (bicyclic) bond motifs is 1. The van der Waals surface area contributed by atoms with Crippen LogP contribution in [-0.4, -0.2) is 15.5 Å². The van der Waals surface area contributed by atoms with Gasteiger partial charge in [-0.05, 0) is 43.3 Å². The van der Waals surface area contributed by atoms with Crippen molar-refractivity contribution in [3.05, 3.63) is 93.0 Å². The van der Waals surface area contributed by atoms with Crippen LogP contribution in [0, 0.1) is 0 Å². The van der Waals surface area contributed by atoms with Gasteiger partial charge in [0.05, 0.1) is 11.1 Å². The van der Waals surface area contributed by atoms with Crippen molar-refractivity contribution in [2.45, 2.75) is 13.5 Å². The number of hydrogen-bond acceptors (Lipinski definition) is 3. The molecule has 0 saturated carbocycles. The van der Waals surface area contributed by atoms with Crippen LogP contribution in [0.3, 0.4) is 0 Å². The molecule has 3 aromatic rings. The highest BCUT2D eigenvalue weighted by atomic mass is 35.5. The minimum atomic E-state index is -0.346. The molecule has 0 aliphatic rings. The minimum Gasteiger partial charge on any atom is -0.348 e. The lowest BCUT2D eigenvalue weighted by atomic mass is 10.1. The van der Waals surface area contributed by atoms with Gasteiger partial charge >= 0.3 is 0 Å². The Hall–Kier alpha value is -2.89. The predicted octanol–water partition coefficient (Wildman–Crippen LogP) is 4.68. The lowest BCUT2D eigenvalue weighted by Gasteiger charge is -2.15. The number of carbonyl (C=O) groups is 1. The maximum atomic E-state index is 12.9. The molecular weight excluding hydrogens is 397 g/mol. The van der Waals surface area contributed by atoms with Gasteiger partial charge in [0.15, 0.2) is 5.43 Å². The molecule has 1 aromatic carbocycles. The molecule has 0 bridgehead atoms. The topological polar surface area (TPSA) is 64.0 Å². The van der Waals surface area contributed by atoms with E-state index in [9.17, 15) is 9.59 Å². The van der Waals surface area contributed by atoms with Gasteiger partial charge in [-0.3, -0.25) is 9.59 Å². The zero-order valence-electron chi connectivity index (χ0n) is 15.1. The van der Waals surface area contributed by atoms with E-state index in [1.807, 2.05) is 17.6 Å². The van der Waals surface area contributed by atoms with Crippen LogP contribution < -0.4 is 10.7 Å². The third-order valence-corrected chi connectivity index (χ3v) is 4.71. The molecule has 28 heavy (non-hydrogen) atoms. The van der Waals surface area contributed by atoms with Gasteiger partial charge in [-0.15, -0.1) is 0 Å². The number of pyridine rings is 2. The molecule has 2 aromatic heterocycles. The SMILES string of the molecule is C=C/C(=C\C)n1cc(CNC(=O)c2ccc(Cl)nc2)c(=O)c2ccc(Cl)cc21. The fourth-order valence-electron chi connectivity index (χ4n) is 2.84. The number of benzene rings is 1. The molecule has 142 valence electrons. The standard InChI is InChI=1S/C21H17Cl2N3O2/c1-3-16(4-2)26-12-14(20(27)17-7-6-15(22)9-18(17)26)11-25-21(28)13-5-8-19(23)24-10-13/h3-10,12H,1,11H2,2H3,(H,25,28)/b16-4+. The third kappa shape index (κ3) is 4.01. The van der Waals surface area contributed by atoms with E-state index < -0.39 is 0 Å². The number of amides is 1. The molecule has 2 heterocycles. The molecule has 3 rings (SSSR count). The second kappa shape index (κ2) is 8.42. The molecule has 0 fully saturated rings.